The van der Waals surface area contributed by atoms with Gasteiger partial charge in [-0.15, -0.1) is 0 Å². The SMILES string of the molecule is CCCOc1cc(-c2nc(C3=COB(O)C3)cc([C@@H](C)O)n2)ccc1OC. The van der Waals surface area contributed by atoms with Crippen molar-refractivity contribution >= 4 is 12.7 Å². The first-order chi connectivity index (χ1) is 13.0. The van der Waals surface area contributed by atoms with Crippen LogP contribution in [0.1, 0.15) is 37.8 Å². The molecule has 3 rings (SSSR count). The van der Waals surface area contributed by atoms with Crippen LogP contribution in [0.2, 0.25) is 6.32 Å². The molecule has 1 aromatic heterocycles. The fourth-order valence-electron chi connectivity index (χ4n) is 2.72. The van der Waals surface area contributed by atoms with E-state index in [-0.39, 0.29) is 0 Å². The number of hydrogen-bond acceptors (Lipinski definition) is 7. The van der Waals surface area contributed by atoms with Crippen LogP contribution in [0.15, 0.2) is 30.5 Å². The van der Waals surface area contributed by atoms with Crippen LogP contribution in [-0.2, 0) is 4.65 Å². The summed E-state index contributed by atoms with van der Waals surface area (Å²) in [5.41, 5.74) is 2.60. The number of methoxy groups -OCH3 is 1. The van der Waals surface area contributed by atoms with Crippen molar-refractivity contribution in [1.29, 1.82) is 0 Å². The van der Waals surface area contributed by atoms with Crippen LogP contribution in [0.25, 0.3) is 17.0 Å². The predicted molar refractivity (Wildman–Crippen MR) is 102 cm³/mol. The molecule has 1 atom stereocenters. The Morgan fingerprint density at radius 1 is 1.26 bits per heavy atom. The summed E-state index contributed by atoms with van der Waals surface area (Å²) in [6.45, 7) is 4.25. The summed E-state index contributed by atoms with van der Waals surface area (Å²) < 4.78 is 16.2. The van der Waals surface area contributed by atoms with E-state index < -0.39 is 13.2 Å². The third-order valence-corrected chi connectivity index (χ3v) is 4.15. The second-order valence-electron chi connectivity index (χ2n) is 6.33. The highest BCUT2D eigenvalue weighted by Gasteiger charge is 2.26. The molecule has 0 saturated heterocycles. The van der Waals surface area contributed by atoms with Crippen LogP contribution in [-0.4, -0.2) is 40.9 Å². The number of hydrogen-bond donors (Lipinski definition) is 2. The van der Waals surface area contributed by atoms with Crippen LogP contribution < -0.4 is 9.47 Å². The molecule has 2 aromatic rings. The van der Waals surface area contributed by atoms with E-state index in [9.17, 15) is 10.1 Å². The number of nitrogens with zero attached hydrogens (tertiary/aromatic N) is 2. The molecule has 0 amide bonds. The van der Waals surface area contributed by atoms with Gasteiger partial charge in [0, 0.05) is 17.5 Å². The van der Waals surface area contributed by atoms with E-state index in [1.54, 1.807) is 26.2 Å². The fraction of sp³-hybridized carbons (Fsp3) is 0.368. The molecule has 27 heavy (non-hydrogen) atoms. The van der Waals surface area contributed by atoms with Crippen molar-refractivity contribution in [2.24, 2.45) is 0 Å². The van der Waals surface area contributed by atoms with Gasteiger partial charge in [0.05, 0.1) is 37.5 Å². The molecular formula is C19H23BN2O5. The number of aromatic nitrogens is 2. The first-order valence-corrected chi connectivity index (χ1v) is 8.93. The van der Waals surface area contributed by atoms with E-state index in [0.29, 0.717) is 41.6 Å². The van der Waals surface area contributed by atoms with Crippen molar-refractivity contribution in [3.8, 4) is 22.9 Å². The number of ether oxygens (including phenoxy) is 2. The smallest absolute Gasteiger partial charge is 0.527 e. The van der Waals surface area contributed by atoms with E-state index in [1.165, 1.54) is 6.26 Å². The number of aliphatic hydroxyl groups is 1. The standard InChI is InChI=1S/C19H23BN2O5/c1-4-7-26-18-8-13(5-6-17(18)25-3)19-21-15(12(2)23)9-16(22-19)14-10-20(24)27-11-14/h5-6,8-9,11-12,23-24H,4,7,10H2,1-3H3/t12-/m1/s1. The molecule has 7 nitrogen and oxygen atoms in total. The predicted octanol–water partition coefficient (Wildman–Crippen LogP) is 2.85. The van der Waals surface area contributed by atoms with Gasteiger partial charge in [-0.05, 0) is 37.6 Å². The fourth-order valence-corrected chi connectivity index (χ4v) is 2.72. The average Bonchev–Trinajstić information content (AvgIpc) is 3.12. The molecule has 2 heterocycles. The molecule has 1 aliphatic rings. The first kappa shape index (κ1) is 19.2. The van der Waals surface area contributed by atoms with Crippen molar-refractivity contribution in [2.45, 2.75) is 32.7 Å². The van der Waals surface area contributed by atoms with E-state index >= 15 is 0 Å². The maximum atomic E-state index is 10.0. The molecule has 0 aliphatic carbocycles. The Kier molecular flexibility index (Phi) is 5.98. The molecular weight excluding hydrogens is 347 g/mol. The summed E-state index contributed by atoms with van der Waals surface area (Å²) in [6.07, 6.45) is 1.95. The van der Waals surface area contributed by atoms with Crippen molar-refractivity contribution in [1.82, 2.24) is 9.97 Å². The highest BCUT2D eigenvalue weighted by Crippen LogP contribution is 2.33. The van der Waals surface area contributed by atoms with Gasteiger partial charge >= 0.3 is 7.12 Å². The topological polar surface area (TPSA) is 93.9 Å². The lowest BCUT2D eigenvalue weighted by atomic mass is 9.83. The minimum Gasteiger partial charge on any atom is -0.541 e. The summed E-state index contributed by atoms with van der Waals surface area (Å²) in [5, 5.41) is 19.6. The molecule has 0 bridgehead atoms. The van der Waals surface area contributed by atoms with Gasteiger partial charge in [-0.25, -0.2) is 9.97 Å². The van der Waals surface area contributed by atoms with E-state index in [4.69, 9.17) is 14.1 Å². The zero-order valence-electron chi connectivity index (χ0n) is 15.7. The molecule has 0 saturated carbocycles. The Labute approximate surface area is 158 Å². The molecule has 1 aliphatic heterocycles. The van der Waals surface area contributed by atoms with Crippen LogP contribution in [0, 0.1) is 0 Å². The third-order valence-electron chi connectivity index (χ3n) is 4.15. The maximum absolute atomic E-state index is 10.0. The Morgan fingerprint density at radius 2 is 2.07 bits per heavy atom. The van der Waals surface area contributed by atoms with Crippen LogP contribution in [0.4, 0.5) is 0 Å². The molecule has 0 fully saturated rings. The molecule has 0 radical (unpaired) electrons. The van der Waals surface area contributed by atoms with Gasteiger partial charge < -0.3 is 24.3 Å². The van der Waals surface area contributed by atoms with Gasteiger partial charge in [0.2, 0.25) is 0 Å². The van der Waals surface area contributed by atoms with Gasteiger partial charge in [0.25, 0.3) is 0 Å². The highest BCUT2D eigenvalue weighted by molar-refractivity contribution is 6.47. The Bertz CT molecular complexity index is 841. The van der Waals surface area contributed by atoms with E-state index in [0.717, 1.165) is 17.6 Å². The second kappa shape index (κ2) is 8.41. The zero-order chi connectivity index (χ0) is 19.4. The normalized spacial score (nSPS) is 14.6. The maximum Gasteiger partial charge on any atom is 0.527 e. The van der Waals surface area contributed by atoms with Crippen LogP contribution >= 0.6 is 0 Å². The van der Waals surface area contributed by atoms with Gasteiger partial charge in [0.15, 0.2) is 17.3 Å². The largest absolute Gasteiger partial charge is 0.541 e. The van der Waals surface area contributed by atoms with Crippen molar-refractivity contribution in [2.75, 3.05) is 13.7 Å². The van der Waals surface area contributed by atoms with Gasteiger partial charge in [-0.2, -0.15) is 0 Å². The summed E-state index contributed by atoms with van der Waals surface area (Å²) in [4.78, 5) is 9.08. The monoisotopic (exact) mass is 370 g/mol. The highest BCUT2D eigenvalue weighted by atomic mass is 16.5. The van der Waals surface area contributed by atoms with Gasteiger partial charge in [0.1, 0.15) is 0 Å². The molecule has 0 unspecified atom stereocenters. The quantitative estimate of drug-likeness (QED) is 0.724. The van der Waals surface area contributed by atoms with E-state index in [2.05, 4.69) is 9.97 Å². The minimum atomic E-state index is -0.872. The number of rotatable bonds is 7. The van der Waals surface area contributed by atoms with Crippen molar-refractivity contribution in [3.05, 3.63) is 41.9 Å². The lowest BCUT2D eigenvalue weighted by Crippen LogP contribution is -2.09. The summed E-state index contributed by atoms with van der Waals surface area (Å²) >= 11 is 0. The summed E-state index contributed by atoms with van der Waals surface area (Å²) in [5.74, 6) is 1.70. The number of benzene rings is 1. The molecule has 142 valence electrons. The van der Waals surface area contributed by atoms with Crippen molar-refractivity contribution in [3.63, 3.8) is 0 Å². The number of aliphatic hydroxyl groups excluding tert-OH is 1. The lowest BCUT2D eigenvalue weighted by Gasteiger charge is -2.13. The first-order valence-electron chi connectivity index (χ1n) is 8.93. The Balaban J connectivity index is 2.03. The number of allylic oxidation sites excluding steroid dienone is 1. The molecule has 8 heteroatoms. The Morgan fingerprint density at radius 3 is 2.70 bits per heavy atom. The molecule has 2 N–H and O–H groups in total. The molecule has 1 aromatic carbocycles. The Hall–Kier alpha value is -2.58. The second-order valence-corrected chi connectivity index (χ2v) is 6.33. The summed E-state index contributed by atoms with van der Waals surface area (Å²) in [6, 6.07) is 7.18. The molecule has 0 spiro atoms. The minimum absolute atomic E-state index is 0.336. The third kappa shape index (κ3) is 4.40. The van der Waals surface area contributed by atoms with Crippen LogP contribution in [0.5, 0.6) is 11.5 Å². The summed E-state index contributed by atoms with van der Waals surface area (Å²) in [7, 11) is 0.720. The van der Waals surface area contributed by atoms with Gasteiger partial charge in [-0.1, -0.05) is 6.92 Å². The zero-order valence-corrected chi connectivity index (χ0v) is 15.7. The van der Waals surface area contributed by atoms with Crippen molar-refractivity contribution < 1.29 is 24.3 Å². The van der Waals surface area contributed by atoms with E-state index in [1.807, 2.05) is 19.1 Å². The van der Waals surface area contributed by atoms with Gasteiger partial charge in [-0.3, -0.25) is 0 Å². The average molecular weight is 370 g/mol. The lowest BCUT2D eigenvalue weighted by molar-refractivity contribution is 0.194. The van der Waals surface area contributed by atoms with Crippen LogP contribution in [0.3, 0.4) is 0 Å².